The highest BCUT2D eigenvalue weighted by Gasteiger charge is 2.22. The molecule has 0 fully saturated rings. The summed E-state index contributed by atoms with van der Waals surface area (Å²) in [6.07, 6.45) is 2.18. The number of fused-ring (bicyclic) bond motifs is 1. The molecule has 1 aromatic heterocycles. The van der Waals surface area contributed by atoms with Gasteiger partial charge in [0.25, 0.3) is 0 Å². The monoisotopic (exact) mass is 221 g/mol. The van der Waals surface area contributed by atoms with Crippen LogP contribution in [0.2, 0.25) is 0 Å². The van der Waals surface area contributed by atoms with Crippen molar-refractivity contribution in [3.63, 3.8) is 0 Å². The molecule has 0 radical (unpaired) electrons. The third kappa shape index (κ3) is 1.85. The van der Waals surface area contributed by atoms with Gasteiger partial charge in [0, 0.05) is 18.0 Å². The van der Waals surface area contributed by atoms with Gasteiger partial charge in [0.05, 0.1) is 5.69 Å². The Balaban J connectivity index is 2.24. The van der Waals surface area contributed by atoms with E-state index in [0.29, 0.717) is 4.88 Å². The van der Waals surface area contributed by atoms with E-state index in [0.717, 1.165) is 31.7 Å². The Bertz CT molecular complexity index is 403. The molecular formula is C11H15N3S. The van der Waals surface area contributed by atoms with Crippen LogP contribution in [0.15, 0.2) is 0 Å². The van der Waals surface area contributed by atoms with Crippen LogP contribution < -0.4 is 5.73 Å². The summed E-state index contributed by atoms with van der Waals surface area (Å²) in [5.74, 6) is 0. The number of hydrogen-bond donors (Lipinski definition) is 1. The van der Waals surface area contributed by atoms with Crippen molar-refractivity contribution in [2.24, 2.45) is 0 Å². The minimum absolute atomic E-state index is 0.693. The van der Waals surface area contributed by atoms with E-state index in [4.69, 9.17) is 11.0 Å². The number of anilines is 1. The molecule has 0 atom stereocenters. The minimum Gasteiger partial charge on any atom is -0.397 e. The summed E-state index contributed by atoms with van der Waals surface area (Å²) < 4.78 is 0. The summed E-state index contributed by atoms with van der Waals surface area (Å²) in [5, 5.41) is 8.90. The van der Waals surface area contributed by atoms with E-state index in [1.807, 2.05) is 0 Å². The molecule has 0 saturated carbocycles. The van der Waals surface area contributed by atoms with Crippen molar-refractivity contribution in [1.82, 2.24) is 4.90 Å². The quantitative estimate of drug-likeness (QED) is 0.830. The zero-order valence-corrected chi connectivity index (χ0v) is 9.73. The molecular weight excluding hydrogens is 206 g/mol. The van der Waals surface area contributed by atoms with Crippen LogP contribution in [0.25, 0.3) is 0 Å². The number of thiophene rings is 1. The molecule has 1 aliphatic rings. The van der Waals surface area contributed by atoms with Gasteiger partial charge in [0.2, 0.25) is 0 Å². The standard InChI is InChI=1S/C11H15N3S/c1-2-4-14-5-3-8-10(7-14)15-9(6-12)11(8)13/h2-5,7,13H2,1H3. The predicted octanol–water partition coefficient (Wildman–Crippen LogP) is 1.97. The molecule has 0 unspecified atom stereocenters. The van der Waals surface area contributed by atoms with Gasteiger partial charge in [-0.1, -0.05) is 6.92 Å². The molecule has 2 N–H and O–H groups in total. The highest BCUT2D eigenvalue weighted by molar-refractivity contribution is 7.13. The summed E-state index contributed by atoms with van der Waals surface area (Å²) >= 11 is 1.56. The van der Waals surface area contributed by atoms with Crippen molar-refractivity contribution in [3.05, 3.63) is 15.3 Å². The molecule has 0 spiro atoms. The maximum atomic E-state index is 8.90. The molecule has 4 heteroatoms. The molecule has 15 heavy (non-hydrogen) atoms. The number of hydrogen-bond acceptors (Lipinski definition) is 4. The number of nitrogens with zero attached hydrogens (tertiary/aromatic N) is 2. The van der Waals surface area contributed by atoms with Gasteiger partial charge in [-0.05, 0) is 24.9 Å². The van der Waals surface area contributed by atoms with Gasteiger partial charge in [-0.3, -0.25) is 4.90 Å². The van der Waals surface area contributed by atoms with Crippen molar-refractivity contribution < 1.29 is 0 Å². The van der Waals surface area contributed by atoms with Gasteiger partial charge in [-0.2, -0.15) is 5.26 Å². The maximum absolute atomic E-state index is 8.90. The number of nitriles is 1. The van der Waals surface area contributed by atoms with Crippen LogP contribution in [0.5, 0.6) is 0 Å². The lowest BCUT2D eigenvalue weighted by molar-refractivity contribution is 0.258. The summed E-state index contributed by atoms with van der Waals surface area (Å²) in [4.78, 5) is 4.42. The lowest BCUT2D eigenvalue weighted by Crippen LogP contribution is -2.30. The molecule has 0 amide bonds. The van der Waals surface area contributed by atoms with Crippen molar-refractivity contribution >= 4 is 17.0 Å². The fourth-order valence-electron chi connectivity index (χ4n) is 2.07. The van der Waals surface area contributed by atoms with Crippen LogP contribution in [0.3, 0.4) is 0 Å². The molecule has 0 aromatic carbocycles. The van der Waals surface area contributed by atoms with E-state index in [2.05, 4.69) is 17.9 Å². The predicted molar refractivity (Wildman–Crippen MR) is 62.7 cm³/mol. The van der Waals surface area contributed by atoms with Crippen molar-refractivity contribution in [2.45, 2.75) is 26.3 Å². The summed E-state index contributed by atoms with van der Waals surface area (Å²) in [6.45, 7) is 5.38. The van der Waals surface area contributed by atoms with E-state index in [1.165, 1.54) is 16.9 Å². The Morgan fingerprint density at radius 3 is 3.07 bits per heavy atom. The summed E-state index contributed by atoms with van der Waals surface area (Å²) in [5.41, 5.74) is 7.88. The summed E-state index contributed by atoms with van der Waals surface area (Å²) in [6, 6.07) is 2.17. The number of rotatable bonds is 2. The molecule has 2 rings (SSSR count). The lowest BCUT2D eigenvalue weighted by Gasteiger charge is -2.26. The van der Waals surface area contributed by atoms with Crippen molar-refractivity contribution in [1.29, 1.82) is 5.26 Å². The zero-order chi connectivity index (χ0) is 10.8. The van der Waals surface area contributed by atoms with Gasteiger partial charge in [-0.15, -0.1) is 11.3 Å². The highest BCUT2D eigenvalue weighted by Crippen LogP contribution is 2.34. The maximum Gasteiger partial charge on any atom is 0.128 e. The molecule has 1 aromatic rings. The fourth-order valence-corrected chi connectivity index (χ4v) is 3.18. The molecule has 3 nitrogen and oxygen atoms in total. The van der Waals surface area contributed by atoms with E-state index in [-0.39, 0.29) is 0 Å². The fraction of sp³-hybridized carbons (Fsp3) is 0.545. The Kier molecular flexibility index (Phi) is 2.94. The first kappa shape index (κ1) is 10.5. The average molecular weight is 221 g/mol. The van der Waals surface area contributed by atoms with Crippen LogP contribution in [-0.2, 0) is 13.0 Å². The van der Waals surface area contributed by atoms with E-state index in [9.17, 15) is 0 Å². The molecule has 2 heterocycles. The first-order valence-electron chi connectivity index (χ1n) is 5.28. The van der Waals surface area contributed by atoms with Crippen molar-refractivity contribution in [3.8, 4) is 6.07 Å². The van der Waals surface area contributed by atoms with Crippen molar-refractivity contribution in [2.75, 3.05) is 18.8 Å². The topological polar surface area (TPSA) is 53.0 Å². The van der Waals surface area contributed by atoms with Crippen LogP contribution >= 0.6 is 11.3 Å². The Morgan fingerprint density at radius 1 is 1.60 bits per heavy atom. The molecule has 1 aliphatic heterocycles. The van der Waals surface area contributed by atoms with Gasteiger partial charge >= 0.3 is 0 Å². The van der Waals surface area contributed by atoms with E-state index < -0.39 is 0 Å². The SMILES string of the molecule is CCCN1CCc2c(sc(C#N)c2N)C1. The second-order valence-electron chi connectivity index (χ2n) is 3.88. The van der Waals surface area contributed by atoms with Crippen LogP contribution in [0.4, 0.5) is 5.69 Å². The Labute approximate surface area is 94.1 Å². The normalized spacial score (nSPS) is 16.0. The second-order valence-corrected chi connectivity index (χ2v) is 4.99. The zero-order valence-electron chi connectivity index (χ0n) is 8.92. The third-order valence-electron chi connectivity index (χ3n) is 2.82. The second kappa shape index (κ2) is 4.21. The smallest absolute Gasteiger partial charge is 0.128 e. The molecule has 80 valence electrons. The van der Waals surface area contributed by atoms with Gasteiger partial charge < -0.3 is 5.73 Å². The number of nitrogens with two attached hydrogens (primary N) is 1. The Morgan fingerprint density at radius 2 is 2.40 bits per heavy atom. The van der Waals surface area contributed by atoms with Gasteiger partial charge in [-0.25, -0.2) is 0 Å². The average Bonchev–Trinajstić information content (AvgIpc) is 2.56. The summed E-state index contributed by atoms with van der Waals surface area (Å²) in [7, 11) is 0. The van der Waals surface area contributed by atoms with Gasteiger partial charge in [0.15, 0.2) is 0 Å². The van der Waals surface area contributed by atoms with Crippen LogP contribution in [0, 0.1) is 11.3 Å². The third-order valence-corrected chi connectivity index (χ3v) is 3.96. The van der Waals surface area contributed by atoms with E-state index >= 15 is 0 Å². The molecule has 0 bridgehead atoms. The minimum atomic E-state index is 0.693. The molecule has 0 aliphatic carbocycles. The largest absolute Gasteiger partial charge is 0.397 e. The Hall–Kier alpha value is -1.05. The molecule has 0 saturated heterocycles. The van der Waals surface area contributed by atoms with Crippen LogP contribution in [-0.4, -0.2) is 18.0 Å². The first-order valence-corrected chi connectivity index (χ1v) is 6.10. The number of nitrogen functional groups attached to an aromatic ring is 1. The van der Waals surface area contributed by atoms with Crippen LogP contribution in [0.1, 0.15) is 28.7 Å². The first-order chi connectivity index (χ1) is 7.26. The van der Waals surface area contributed by atoms with E-state index in [1.54, 1.807) is 11.3 Å². The lowest BCUT2D eigenvalue weighted by atomic mass is 10.1. The van der Waals surface area contributed by atoms with Gasteiger partial charge in [0.1, 0.15) is 10.9 Å². The highest BCUT2D eigenvalue weighted by atomic mass is 32.1.